The summed E-state index contributed by atoms with van der Waals surface area (Å²) in [5.74, 6) is 0. The van der Waals surface area contributed by atoms with Gasteiger partial charge in [0.15, 0.2) is 0 Å². The molecule has 0 saturated heterocycles. The van der Waals surface area contributed by atoms with Gasteiger partial charge in [-0.2, -0.15) is 0 Å². The Morgan fingerprint density at radius 1 is 1.38 bits per heavy atom. The smallest absolute Gasteiger partial charge is 0.0446 e. The monoisotopic (exact) mass is 224 g/mol. The lowest BCUT2D eigenvalue weighted by atomic mass is 10.2. The van der Waals surface area contributed by atoms with Gasteiger partial charge in [0.05, 0.1) is 0 Å². The number of nitrogens with zero attached hydrogens (tertiary/aromatic N) is 1. The molecule has 0 aliphatic carbocycles. The van der Waals surface area contributed by atoms with Crippen molar-refractivity contribution in [3.05, 3.63) is 24.0 Å². The van der Waals surface area contributed by atoms with E-state index in [9.17, 15) is 0 Å². The van der Waals surface area contributed by atoms with Gasteiger partial charge in [-0.1, -0.05) is 6.92 Å². The van der Waals surface area contributed by atoms with Gasteiger partial charge in [0.25, 0.3) is 0 Å². The molecule has 3 heteroatoms. The minimum Gasteiger partial charge on any atom is -0.396 e. The van der Waals surface area contributed by atoms with Crippen LogP contribution in [0.15, 0.2) is 18.3 Å². The fraction of sp³-hybridized carbons (Fsp3) is 0.692. The molecule has 0 fully saturated rings. The maximum atomic E-state index is 8.72. The summed E-state index contributed by atoms with van der Waals surface area (Å²) in [4.78, 5) is 0. The molecule has 0 bridgehead atoms. The third-order valence-electron chi connectivity index (χ3n) is 2.88. The fourth-order valence-corrected chi connectivity index (χ4v) is 2.01. The van der Waals surface area contributed by atoms with Gasteiger partial charge in [-0.05, 0) is 44.9 Å². The molecule has 92 valence electrons. The topological polar surface area (TPSA) is 37.2 Å². The summed E-state index contributed by atoms with van der Waals surface area (Å²) in [7, 11) is 0. The predicted octanol–water partition coefficient (Wildman–Crippen LogP) is 2.32. The zero-order valence-corrected chi connectivity index (χ0v) is 10.4. The Morgan fingerprint density at radius 2 is 2.19 bits per heavy atom. The Balaban J connectivity index is 2.43. The van der Waals surface area contributed by atoms with Crippen molar-refractivity contribution in [2.75, 3.05) is 13.2 Å². The average molecular weight is 224 g/mol. The van der Waals surface area contributed by atoms with Crippen LogP contribution in [0.3, 0.4) is 0 Å². The van der Waals surface area contributed by atoms with Crippen LogP contribution in [-0.4, -0.2) is 22.8 Å². The Kier molecular flexibility index (Phi) is 6.19. The molecule has 1 unspecified atom stereocenters. The van der Waals surface area contributed by atoms with Crippen LogP contribution in [0.5, 0.6) is 0 Å². The molecule has 0 aliphatic heterocycles. The van der Waals surface area contributed by atoms with E-state index in [-0.39, 0.29) is 0 Å². The van der Waals surface area contributed by atoms with E-state index in [1.54, 1.807) is 0 Å². The van der Waals surface area contributed by atoms with Crippen molar-refractivity contribution in [1.82, 2.24) is 9.88 Å². The van der Waals surface area contributed by atoms with Crippen LogP contribution in [0.4, 0.5) is 0 Å². The van der Waals surface area contributed by atoms with Gasteiger partial charge in [0.2, 0.25) is 0 Å². The molecule has 1 atom stereocenters. The molecular formula is C13H24N2O. The number of aliphatic hydroxyl groups is 1. The lowest BCUT2D eigenvalue weighted by Crippen LogP contribution is -2.20. The molecule has 1 rings (SSSR count). The molecule has 1 aromatic rings. The Hall–Kier alpha value is -0.800. The van der Waals surface area contributed by atoms with E-state index in [0.717, 1.165) is 32.4 Å². The number of aliphatic hydroxyl groups excluding tert-OH is 1. The van der Waals surface area contributed by atoms with Gasteiger partial charge >= 0.3 is 0 Å². The summed E-state index contributed by atoms with van der Waals surface area (Å²) >= 11 is 0. The number of hydrogen-bond donors (Lipinski definition) is 2. The number of aryl methyl sites for hydroxylation is 1. The average Bonchev–Trinajstić information content (AvgIpc) is 2.73. The van der Waals surface area contributed by atoms with Crippen molar-refractivity contribution in [1.29, 1.82) is 0 Å². The predicted molar refractivity (Wildman–Crippen MR) is 67.5 cm³/mol. The fourth-order valence-electron chi connectivity index (χ4n) is 2.01. The zero-order chi connectivity index (χ0) is 11.8. The summed E-state index contributed by atoms with van der Waals surface area (Å²) in [5.41, 5.74) is 1.35. The molecule has 0 saturated carbocycles. The van der Waals surface area contributed by atoms with Gasteiger partial charge in [0.1, 0.15) is 0 Å². The van der Waals surface area contributed by atoms with E-state index in [4.69, 9.17) is 5.11 Å². The quantitative estimate of drug-likeness (QED) is 0.665. The van der Waals surface area contributed by atoms with E-state index < -0.39 is 0 Å². The van der Waals surface area contributed by atoms with Crippen LogP contribution in [0.2, 0.25) is 0 Å². The highest BCUT2D eigenvalue weighted by Gasteiger charge is 2.07. The Bertz CT molecular complexity index is 283. The highest BCUT2D eigenvalue weighted by molar-refractivity contribution is 5.11. The van der Waals surface area contributed by atoms with Crippen molar-refractivity contribution in [3.8, 4) is 0 Å². The standard InChI is InChI=1S/C13H24N2O/c1-3-14-12(2)13-8-7-10-15(13)9-5-4-6-11-16/h7-8,10,12,14,16H,3-6,9,11H2,1-2H3. The first kappa shape index (κ1) is 13.3. The maximum Gasteiger partial charge on any atom is 0.0446 e. The first-order valence-electron chi connectivity index (χ1n) is 6.28. The number of aromatic nitrogens is 1. The molecule has 1 aromatic heterocycles. The van der Waals surface area contributed by atoms with Gasteiger partial charge in [0, 0.05) is 31.1 Å². The van der Waals surface area contributed by atoms with Gasteiger partial charge in [-0.25, -0.2) is 0 Å². The molecule has 0 aliphatic rings. The van der Waals surface area contributed by atoms with Gasteiger partial charge in [-0.15, -0.1) is 0 Å². The summed E-state index contributed by atoms with van der Waals surface area (Å²) < 4.78 is 2.31. The van der Waals surface area contributed by atoms with Crippen LogP contribution in [-0.2, 0) is 6.54 Å². The van der Waals surface area contributed by atoms with E-state index in [1.165, 1.54) is 5.69 Å². The van der Waals surface area contributed by atoms with Crippen LogP contribution in [0.25, 0.3) is 0 Å². The first-order chi connectivity index (χ1) is 7.79. The zero-order valence-electron chi connectivity index (χ0n) is 10.4. The number of unbranched alkanes of at least 4 members (excludes halogenated alkanes) is 2. The van der Waals surface area contributed by atoms with Gasteiger partial charge < -0.3 is 15.0 Å². The number of nitrogens with one attached hydrogen (secondary N) is 1. The molecule has 16 heavy (non-hydrogen) atoms. The molecule has 0 spiro atoms. The van der Waals surface area contributed by atoms with Crippen LogP contribution < -0.4 is 5.32 Å². The first-order valence-corrected chi connectivity index (χ1v) is 6.28. The summed E-state index contributed by atoms with van der Waals surface area (Å²) in [6, 6.07) is 4.70. The highest BCUT2D eigenvalue weighted by atomic mass is 16.2. The van der Waals surface area contributed by atoms with Crippen molar-refractivity contribution in [2.24, 2.45) is 0 Å². The molecular weight excluding hydrogens is 200 g/mol. The third kappa shape index (κ3) is 3.99. The molecule has 3 nitrogen and oxygen atoms in total. The normalized spacial score (nSPS) is 12.9. The summed E-state index contributed by atoms with van der Waals surface area (Å²) in [6.07, 6.45) is 5.30. The second kappa shape index (κ2) is 7.47. The maximum absolute atomic E-state index is 8.72. The van der Waals surface area contributed by atoms with Crippen LogP contribution >= 0.6 is 0 Å². The van der Waals surface area contributed by atoms with E-state index in [2.05, 4.69) is 42.1 Å². The third-order valence-corrected chi connectivity index (χ3v) is 2.88. The Morgan fingerprint density at radius 3 is 2.88 bits per heavy atom. The van der Waals surface area contributed by atoms with Crippen molar-refractivity contribution >= 4 is 0 Å². The van der Waals surface area contributed by atoms with Crippen LogP contribution in [0.1, 0.15) is 44.8 Å². The number of rotatable bonds is 8. The SMILES string of the molecule is CCNC(C)c1cccn1CCCCCO. The molecule has 1 heterocycles. The summed E-state index contributed by atoms with van der Waals surface area (Å²) in [6.45, 7) is 6.69. The second-order valence-corrected chi connectivity index (χ2v) is 4.19. The van der Waals surface area contributed by atoms with E-state index >= 15 is 0 Å². The minimum atomic E-state index is 0.312. The minimum absolute atomic E-state index is 0.312. The summed E-state index contributed by atoms with van der Waals surface area (Å²) in [5, 5.41) is 12.1. The van der Waals surface area contributed by atoms with E-state index in [0.29, 0.717) is 12.6 Å². The second-order valence-electron chi connectivity index (χ2n) is 4.19. The van der Waals surface area contributed by atoms with Crippen molar-refractivity contribution < 1.29 is 5.11 Å². The largest absolute Gasteiger partial charge is 0.396 e. The Labute approximate surface area is 98.5 Å². The van der Waals surface area contributed by atoms with E-state index in [1.807, 2.05) is 0 Å². The lowest BCUT2D eigenvalue weighted by Gasteiger charge is -2.16. The van der Waals surface area contributed by atoms with Crippen molar-refractivity contribution in [3.63, 3.8) is 0 Å². The molecule has 2 N–H and O–H groups in total. The van der Waals surface area contributed by atoms with Gasteiger partial charge in [-0.3, -0.25) is 0 Å². The lowest BCUT2D eigenvalue weighted by molar-refractivity contribution is 0.281. The molecule has 0 amide bonds. The van der Waals surface area contributed by atoms with Crippen molar-refractivity contribution in [2.45, 2.75) is 45.7 Å². The van der Waals surface area contributed by atoms with Crippen LogP contribution in [0, 0.1) is 0 Å². The molecule has 0 aromatic carbocycles. The highest BCUT2D eigenvalue weighted by Crippen LogP contribution is 2.14. The number of hydrogen-bond acceptors (Lipinski definition) is 2. The molecule has 0 radical (unpaired) electrons.